The number of halogens is 2. The number of amides is 1. The molecule has 0 spiro atoms. The van der Waals surface area contributed by atoms with Crippen molar-refractivity contribution in [2.75, 3.05) is 13.2 Å². The molecule has 0 radical (unpaired) electrons. The minimum Gasteiger partial charge on any atom is -0.368 e. The third kappa shape index (κ3) is 6.64. The fourth-order valence-electron chi connectivity index (χ4n) is 2.48. The SMILES string of the molecule is Cc1[nH]c(=O)c(CC(F)(F)c2ccccc2)nc1CC(=O)NCCONC(=N)N. The largest absolute Gasteiger partial charge is 0.368 e. The number of benzene rings is 1. The van der Waals surface area contributed by atoms with Gasteiger partial charge in [0.25, 0.3) is 11.5 Å². The third-order valence-corrected chi connectivity index (χ3v) is 3.89. The summed E-state index contributed by atoms with van der Waals surface area (Å²) in [6.45, 7) is 1.72. The predicted molar refractivity (Wildman–Crippen MR) is 101 cm³/mol. The number of hydrogen-bond donors (Lipinski definition) is 5. The minimum atomic E-state index is -3.28. The molecule has 1 aromatic heterocycles. The number of hydroxylamine groups is 1. The highest BCUT2D eigenvalue weighted by molar-refractivity contribution is 5.78. The van der Waals surface area contributed by atoms with Crippen molar-refractivity contribution in [3.05, 3.63) is 63.3 Å². The van der Waals surface area contributed by atoms with E-state index in [1.54, 1.807) is 6.07 Å². The number of aromatic nitrogens is 2. The van der Waals surface area contributed by atoms with E-state index in [4.69, 9.17) is 16.0 Å². The number of nitrogens with two attached hydrogens (primary N) is 1. The van der Waals surface area contributed by atoms with Crippen LogP contribution in [0.3, 0.4) is 0 Å². The van der Waals surface area contributed by atoms with Gasteiger partial charge in [0.1, 0.15) is 5.69 Å². The number of aryl methyl sites for hydroxylation is 1. The lowest BCUT2D eigenvalue weighted by molar-refractivity contribution is -0.120. The first kappa shape index (κ1) is 22.0. The van der Waals surface area contributed by atoms with Gasteiger partial charge in [-0.1, -0.05) is 30.3 Å². The molecule has 0 saturated heterocycles. The quantitative estimate of drug-likeness (QED) is 0.177. The molecule has 2 aromatic rings. The van der Waals surface area contributed by atoms with Crippen molar-refractivity contribution >= 4 is 11.9 Å². The van der Waals surface area contributed by atoms with Crippen LogP contribution in [0.2, 0.25) is 0 Å². The van der Waals surface area contributed by atoms with Gasteiger partial charge in [-0.3, -0.25) is 19.8 Å². The Balaban J connectivity index is 2.04. The van der Waals surface area contributed by atoms with Crippen LogP contribution in [-0.4, -0.2) is 35.0 Å². The fourth-order valence-corrected chi connectivity index (χ4v) is 2.48. The van der Waals surface area contributed by atoms with Crippen LogP contribution >= 0.6 is 0 Å². The number of H-pyrrole nitrogens is 1. The molecule has 0 fully saturated rings. The van der Waals surface area contributed by atoms with Crippen molar-refractivity contribution in [2.24, 2.45) is 5.73 Å². The molecule has 1 aromatic carbocycles. The Morgan fingerprint density at radius 1 is 1.31 bits per heavy atom. The maximum atomic E-state index is 14.5. The molecule has 9 nitrogen and oxygen atoms in total. The van der Waals surface area contributed by atoms with Gasteiger partial charge in [0.2, 0.25) is 11.9 Å². The first-order valence-corrected chi connectivity index (χ1v) is 8.69. The molecule has 11 heteroatoms. The molecule has 0 aliphatic heterocycles. The molecule has 0 bridgehead atoms. The topological polar surface area (TPSA) is 146 Å². The molecule has 0 saturated carbocycles. The van der Waals surface area contributed by atoms with E-state index in [0.717, 1.165) is 0 Å². The van der Waals surface area contributed by atoms with Gasteiger partial charge in [-0.05, 0) is 6.92 Å². The number of carbonyl (C=O) groups excluding carboxylic acids is 1. The molecular formula is C18H22F2N6O3. The summed E-state index contributed by atoms with van der Waals surface area (Å²) in [5.74, 6) is -4.08. The zero-order valence-electron chi connectivity index (χ0n) is 15.7. The van der Waals surface area contributed by atoms with Gasteiger partial charge in [0, 0.05) is 17.8 Å². The van der Waals surface area contributed by atoms with Crippen LogP contribution in [0.5, 0.6) is 0 Å². The average molecular weight is 408 g/mol. The first-order chi connectivity index (χ1) is 13.7. The van der Waals surface area contributed by atoms with Crippen molar-refractivity contribution in [1.82, 2.24) is 20.8 Å². The number of nitrogens with one attached hydrogen (secondary N) is 4. The number of aromatic amines is 1. The van der Waals surface area contributed by atoms with E-state index in [-0.39, 0.29) is 42.5 Å². The van der Waals surface area contributed by atoms with Gasteiger partial charge < -0.3 is 16.0 Å². The normalized spacial score (nSPS) is 11.1. The monoisotopic (exact) mass is 408 g/mol. The Kier molecular flexibility index (Phi) is 7.37. The van der Waals surface area contributed by atoms with Crippen molar-refractivity contribution in [2.45, 2.75) is 25.7 Å². The molecule has 6 N–H and O–H groups in total. The van der Waals surface area contributed by atoms with Crippen LogP contribution in [0.25, 0.3) is 0 Å². The van der Waals surface area contributed by atoms with E-state index in [1.165, 1.54) is 31.2 Å². The lowest BCUT2D eigenvalue weighted by Gasteiger charge is -2.16. The summed E-state index contributed by atoms with van der Waals surface area (Å²) in [6.07, 6.45) is -1.08. The summed E-state index contributed by atoms with van der Waals surface area (Å²) in [4.78, 5) is 35.4. The van der Waals surface area contributed by atoms with Gasteiger partial charge >= 0.3 is 0 Å². The van der Waals surface area contributed by atoms with Crippen molar-refractivity contribution in [3.8, 4) is 0 Å². The van der Waals surface area contributed by atoms with Gasteiger partial charge in [0.15, 0.2) is 0 Å². The van der Waals surface area contributed by atoms with Crippen molar-refractivity contribution in [1.29, 1.82) is 5.41 Å². The number of rotatable bonds is 9. The maximum Gasteiger partial charge on any atom is 0.278 e. The summed E-state index contributed by atoms with van der Waals surface area (Å²) in [5, 5.41) is 9.45. The molecule has 0 aliphatic rings. The predicted octanol–water partition coefficient (Wildman–Crippen LogP) is 0.486. The van der Waals surface area contributed by atoms with E-state index in [1.807, 2.05) is 0 Å². The molecular weight excluding hydrogens is 386 g/mol. The van der Waals surface area contributed by atoms with Crippen LogP contribution in [0.4, 0.5) is 8.78 Å². The zero-order chi connectivity index (χ0) is 21.4. The van der Waals surface area contributed by atoms with Crippen LogP contribution in [-0.2, 0) is 28.4 Å². The second-order valence-corrected chi connectivity index (χ2v) is 6.22. The maximum absolute atomic E-state index is 14.5. The lowest BCUT2D eigenvalue weighted by atomic mass is 10.0. The van der Waals surface area contributed by atoms with E-state index >= 15 is 0 Å². The molecule has 0 atom stereocenters. The Hall–Kier alpha value is -3.34. The summed E-state index contributed by atoms with van der Waals surface area (Å²) < 4.78 is 29.0. The van der Waals surface area contributed by atoms with Crippen LogP contribution in [0.15, 0.2) is 35.1 Å². The van der Waals surface area contributed by atoms with Crippen LogP contribution < -0.4 is 22.1 Å². The standard InChI is InChI=1S/C18H22F2N6O3/c1-11-13(9-15(27)23-7-8-29-26-17(21)22)25-14(16(28)24-11)10-18(19,20)12-5-3-2-4-6-12/h2-6H,7-10H2,1H3,(H,23,27)(H,24,28)(H4,21,22,26). The highest BCUT2D eigenvalue weighted by atomic mass is 19.3. The van der Waals surface area contributed by atoms with Crippen LogP contribution in [0.1, 0.15) is 22.6 Å². The second-order valence-electron chi connectivity index (χ2n) is 6.22. The highest BCUT2D eigenvalue weighted by Gasteiger charge is 2.33. The Bertz CT molecular complexity index is 918. The Morgan fingerprint density at radius 3 is 2.66 bits per heavy atom. The van der Waals surface area contributed by atoms with E-state index < -0.39 is 23.8 Å². The van der Waals surface area contributed by atoms with Crippen molar-refractivity contribution in [3.63, 3.8) is 0 Å². The number of hydrogen-bond acceptors (Lipinski definition) is 5. The lowest BCUT2D eigenvalue weighted by Crippen LogP contribution is -2.35. The second kappa shape index (κ2) is 9.73. The average Bonchev–Trinajstić information content (AvgIpc) is 2.65. The first-order valence-electron chi connectivity index (χ1n) is 8.69. The number of nitrogens with zero attached hydrogens (tertiary/aromatic N) is 1. The molecule has 0 unspecified atom stereocenters. The number of alkyl halides is 2. The Morgan fingerprint density at radius 2 is 2.00 bits per heavy atom. The summed E-state index contributed by atoms with van der Waals surface area (Å²) in [6, 6.07) is 7.15. The van der Waals surface area contributed by atoms with Crippen molar-refractivity contribution < 1.29 is 18.4 Å². The summed E-state index contributed by atoms with van der Waals surface area (Å²) >= 11 is 0. The highest BCUT2D eigenvalue weighted by Crippen LogP contribution is 2.30. The van der Waals surface area contributed by atoms with Gasteiger partial charge in [-0.2, -0.15) is 0 Å². The van der Waals surface area contributed by atoms with Gasteiger partial charge in [0.05, 0.1) is 25.1 Å². The third-order valence-electron chi connectivity index (χ3n) is 3.89. The summed E-state index contributed by atoms with van der Waals surface area (Å²) in [5.41, 5.74) is 6.38. The van der Waals surface area contributed by atoms with E-state index in [9.17, 15) is 18.4 Å². The molecule has 1 heterocycles. The molecule has 29 heavy (non-hydrogen) atoms. The van der Waals surface area contributed by atoms with Crippen LogP contribution in [0, 0.1) is 12.3 Å². The molecule has 156 valence electrons. The smallest absolute Gasteiger partial charge is 0.278 e. The van der Waals surface area contributed by atoms with Gasteiger partial charge in [-0.25, -0.2) is 19.2 Å². The fraction of sp³-hybridized carbons (Fsp3) is 0.333. The zero-order valence-corrected chi connectivity index (χ0v) is 15.7. The minimum absolute atomic E-state index is 0.0535. The Labute approximate surface area is 165 Å². The van der Waals surface area contributed by atoms with E-state index in [2.05, 4.69) is 20.8 Å². The molecule has 0 aliphatic carbocycles. The number of guanidine groups is 1. The molecule has 1 amide bonds. The number of carbonyl (C=O) groups is 1. The summed E-state index contributed by atoms with van der Waals surface area (Å²) in [7, 11) is 0. The van der Waals surface area contributed by atoms with E-state index in [0.29, 0.717) is 5.69 Å². The van der Waals surface area contributed by atoms with Gasteiger partial charge in [-0.15, -0.1) is 0 Å². The molecule has 2 rings (SSSR count).